The van der Waals surface area contributed by atoms with Crippen LogP contribution in [-0.2, 0) is 4.79 Å². The van der Waals surface area contributed by atoms with Gasteiger partial charge in [0.15, 0.2) is 0 Å². The Kier molecular flexibility index (Phi) is 6.11. The molecule has 0 amide bonds. The van der Waals surface area contributed by atoms with Crippen LogP contribution >= 0.6 is 0 Å². The zero-order valence-electron chi connectivity index (χ0n) is 7.98. The number of fused-ring (bicyclic) bond motifs is 1. The predicted molar refractivity (Wildman–Crippen MR) is 46.0 cm³/mol. The van der Waals surface area contributed by atoms with Gasteiger partial charge in [-0.3, -0.25) is 4.79 Å². The fourth-order valence-electron chi connectivity index (χ4n) is 0.743. The zero-order chi connectivity index (χ0) is 9.68. The molecule has 2 N–H and O–H groups in total. The van der Waals surface area contributed by atoms with Crippen molar-refractivity contribution in [3.63, 3.8) is 0 Å². The largest absolute Gasteiger partial charge is 1.00 e. The molecule has 0 saturated heterocycles. The van der Waals surface area contributed by atoms with Gasteiger partial charge in [0.25, 0.3) is 5.97 Å². The number of hydrogen-bond donors (Lipinski definition) is 2. The first-order valence-electron chi connectivity index (χ1n) is 3.55. The Morgan fingerprint density at radius 3 is 2.86 bits per heavy atom. The minimum Gasteiger partial charge on any atom is -0.481 e. The molecule has 2 aromatic heterocycles. The Morgan fingerprint density at radius 2 is 2.29 bits per heavy atom. The molecule has 0 spiro atoms. The van der Waals surface area contributed by atoms with Crippen molar-refractivity contribution >= 4 is 17.0 Å². The van der Waals surface area contributed by atoms with Crippen molar-refractivity contribution in [2.75, 3.05) is 0 Å². The third-order valence-electron chi connectivity index (χ3n) is 1.15. The summed E-state index contributed by atoms with van der Waals surface area (Å²) in [4.78, 5) is 19.6. The van der Waals surface area contributed by atoms with Crippen LogP contribution in [0.5, 0.6) is 0 Å². The van der Waals surface area contributed by atoms with Gasteiger partial charge in [0.2, 0.25) is 0 Å². The number of aromatic nitrogens is 3. The van der Waals surface area contributed by atoms with E-state index in [4.69, 9.17) is 9.90 Å². The summed E-state index contributed by atoms with van der Waals surface area (Å²) in [7, 11) is 0. The van der Waals surface area contributed by atoms with Crippen LogP contribution in [0.4, 0.5) is 0 Å². The molecule has 0 fully saturated rings. The summed E-state index contributed by atoms with van der Waals surface area (Å²) in [6, 6.07) is 1.88. The SMILES string of the molecule is CC(=O)O.[Na+].[c-]1ncnc2[nH]ccc12. The first-order valence-corrected chi connectivity index (χ1v) is 3.55. The molecule has 0 radical (unpaired) electrons. The predicted octanol–water partition coefficient (Wildman–Crippen LogP) is -2.15. The van der Waals surface area contributed by atoms with Crippen molar-refractivity contribution in [3.8, 4) is 0 Å². The van der Waals surface area contributed by atoms with Gasteiger partial charge in [0, 0.05) is 18.9 Å². The number of aromatic amines is 1. The van der Waals surface area contributed by atoms with E-state index in [0.29, 0.717) is 0 Å². The Morgan fingerprint density at radius 1 is 1.64 bits per heavy atom. The standard InChI is InChI=1S/C6H4N3.C2H4O2.Na/c1-2-8-6-5(1)3-7-4-9-6;1-2(3)4;/h1-2,4H,(H,7,8,9);1H3,(H,3,4);/q-1;;+1. The third kappa shape index (κ3) is 4.36. The summed E-state index contributed by atoms with van der Waals surface area (Å²) in [6.45, 7) is 1.08. The first-order chi connectivity index (χ1) is 6.20. The molecule has 0 unspecified atom stereocenters. The number of rotatable bonds is 0. The molecule has 5 nitrogen and oxygen atoms in total. The number of aliphatic carboxylic acids is 1. The van der Waals surface area contributed by atoms with E-state index >= 15 is 0 Å². The third-order valence-corrected chi connectivity index (χ3v) is 1.15. The number of nitrogens with one attached hydrogen (secondary N) is 1. The van der Waals surface area contributed by atoms with E-state index in [-0.39, 0.29) is 29.6 Å². The maximum atomic E-state index is 9.00. The van der Waals surface area contributed by atoms with Crippen LogP contribution in [0.15, 0.2) is 18.6 Å². The molecule has 14 heavy (non-hydrogen) atoms. The zero-order valence-corrected chi connectivity index (χ0v) is 9.98. The Balaban J connectivity index is 0.000000299. The minimum absolute atomic E-state index is 0. The molecule has 2 rings (SSSR count). The first kappa shape index (κ1) is 13.1. The quantitative estimate of drug-likeness (QED) is 0.376. The molecule has 0 aliphatic heterocycles. The molecule has 0 bridgehead atoms. The molecule has 2 heterocycles. The number of nitrogens with zero attached hydrogens (tertiary/aromatic N) is 2. The average molecular weight is 201 g/mol. The maximum absolute atomic E-state index is 9.00. The van der Waals surface area contributed by atoms with E-state index in [0.717, 1.165) is 18.0 Å². The molecule has 0 aliphatic carbocycles. The number of carbonyl (C=O) groups is 1. The number of H-pyrrole nitrogens is 1. The van der Waals surface area contributed by atoms with Gasteiger partial charge >= 0.3 is 29.6 Å². The summed E-state index contributed by atoms with van der Waals surface area (Å²) in [5.74, 6) is -0.833. The summed E-state index contributed by atoms with van der Waals surface area (Å²) < 4.78 is 0. The van der Waals surface area contributed by atoms with Crippen molar-refractivity contribution in [2.45, 2.75) is 6.92 Å². The monoisotopic (exact) mass is 201 g/mol. The Hall–Kier alpha value is -0.910. The van der Waals surface area contributed by atoms with Crippen LogP contribution < -0.4 is 29.6 Å². The second kappa shape index (κ2) is 6.53. The Bertz CT molecular complexity index is 368. The maximum Gasteiger partial charge on any atom is 1.00 e. The van der Waals surface area contributed by atoms with Gasteiger partial charge in [-0.05, 0) is 12.4 Å². The molecular weight excluding hydrogens is 193 g/mol. The molecule has 6 heteroatoms. The van der Waals surface area contributed by atoms with Crippen molar-refractivity contribution < 1.29 is 39.5 Å². The average Bonchev–Trinajstić information content (AvgIpc) is 2.49. The topological polar surface area (TPSA) is 78.9 Å². The normalized spacial score (nSPS) is 8.36. The van der Waals surface area contributed by atoms with Crippen molar-refractivity contribution in [2.24, 2.45) is 0 Å². The second-order valence-corrected chi connectivity index (χ2v) is 2.24. The van der Waals surface area contributed by atoms with Crippen LogP contribution in [0.25, 0.3) is 11.0 Å². The fraction of sp³-hybridized carbons (Fsp3) is 0.125. The van der Waals surface area contributed by atoms with Gasteiger partial charge in [-0.1, -0.05) is 5.39 Å². The van der Waals surface area contributed by atoms with Crippen LogP contribution in [0.3, 0.4) is 0 Å². The van der Waals surface area contributed by atoms with Gasteiger partial charge in [-0.25, -0.2) is 0 Å². The number of carboxylic acid groups (broad SMARTS) is 1. The summed E-state index contributed by atoms with van der Waals surface area (Å²) >= 11 is 0. The van der Waals surface area contributed by atoms with Gasteiger partial charge in [0.1, 0.15) is 0 Å². The van der Waals surface area contributed by atoms with E-state index in [9.17, 15) is 0 Å². The molecule has 68 valence electrons. The number of hydrogen-bond acceptors (Lipinski definition) is 3. The summed E-state index contributed by atoms with van der Waals surface area (Å²) in [5, 5.41) is 8.34. The van der Waals surface area contributed by atoms with E-state index in [1.54, 1.807) is 0 Å². The molecule has 0 atom stereocenters. The fourth-order valence-corrected chi connectivity index (χ4v) is 0.743. The van der Waals surface area contributed by atoms with Crippen molar-refractivity contribution in [1.29, 1.82) is 0 Å². The van der Waals surface area contributed by atoms with Crippen molar-refractivity contribution in [3.05, 3.63) is 24.8 Å². The van der Waals surface area contributed by atoms with Gasteiger partial charge in [-0.15, -0.1) is 6.07 Å². The molecule has 2 aromatic rings. The molecule has 0 aliphatic rings. The summed E-state index contributed by atoms with van der Waals surface area (Å²) in [6.07, 6.45) is 6.07. The molecule has 0 saturated carbocycles. The van der Waals surface area contributed by atoms with Crippen LogP contribution in [0.2, 0.25) is 0 Å². The number of carboxylic acids is 1. The van der Waals surface area contributed by atoms with E-state index in [1.165, 1.54) is 6.33 Å². The van der Waals surface area contributed by atoms with Gasteiger partial charge < -0.3 is 20.1 Å². The van der Waals surface area contributed by atoms with E-state index in [2.05, 4.69) is 21.1 Å². The Labute approximate surface area is 103 Å². The molecular formula is C8H8N3NaO2. The van der Waals surface area contributed by atoms with E-state index < -0.39 is 5.97 Å². The summed E-state index contributed by atoms with van der Waals surface area (Å²) in [5.41, 5.74) is 0.838. The van der Waals surface area contributed by atoms with Crippen LogP contribution in [0.1, 0.15) is 6.92 Å². The second-order valence-electron chi connectivity index (χ2n) is 2.24. The van der Waals surface area contributed by atoms with E-state index in [1.807, 2.05) is 12.3 Å². The van der Waals surface area contributed by atoms with Gasteiger partial charge in [-0.2, -0.15) is 0 Å². The van der Waals surface area contributed by atoms with Crippen molar-refractivity contribution in [1.82, 2.24) is 15.0 Å². The van der Waals surface area contributed by atoms with Gasteiger partial charge in [0.05, 0.1) is 0 Å². The molecule has 0 aromatic carbocycles. The van der Waals surface area contributed by atoms with Crippen LogP contribution in [-0.4, -0.2) is 26.0 Å². The smallest absolute Gasteiger partial charge is 0.481 e. The minimum atomic E-state index is -0.833. The van der Waals surface area contributed by atoms with Crippen LogP contribution in [0, 0.1) is 6.20 Å².